The second-order valence-corrected chi connectivity index (χ2v) is 7.03. The molecule has 0 bridgehead atoms. The van der Waals surface area contributed by atoms with E-state index >= 15 is 0 Å². The van der Waals surface area contributed by atoms with Crippen LogP contribution >= 0.6 is 0 Å². The second kappa shape index (κ2) is 6.53. The molecule has 0 aliphatic rings. The van der Waals surface area contributed by atoms with E-state index in [1.165, 1.54) is 11.4 Å². The van der Waals surface area contributed by atoms with Gasteiger partial charge in [-0.1, -0.05) is 12.1 Å². The maximum Gasteiger partial charge on any atom is 0.280 e. The van der Waals surface area contributed by atoms with E-state index in [1.807, 2.05) is 6.07 Å². The van der Waals surface area contributed by atoms with Crippen molar-refractivity contribution in [3.05, 3.63) is 29.8 Å². The average molecular weight is 302 g/mol. The Morgan fingerprint density at radius 3 is 2.60 bits per heavy atom. The molecule has 0 amide bonds. The predicted molar refractivity (Wildman–Crippen MR) is 77.7 cm³/mol. The molecule has 0 saturated heterocycles. The molecule has 0 aliphatic carbocycles. The first-order chi connectivity index (χ1) is 9.20. The van der Waals surface area contributed by atoms with Crippen molar-refractivity contribution in [1.29, 1.82) is 0 Å². The molecule has 1 aromatic rings. The largest absolute Gasteiger partial charge is 0.497 e. The summed E-state index contributed by atoms with van der Waals surface area (Å²) in [7, 11) is -0.623. The van der Waals surface area contributed by atoms with Crippen LogP contribution in [0, 0.1) is 0 Å². The Morgan fingerprint density at radius 2 is 2.05 bits per heavy atom. The zero-order chi connectivity index (χ0) is 15.4. The molecule has 0 aliphatic heterocycles. The third kappa shape index (κ3) is 4.75. The molecule has 0 heterocycles. The molecule has 0 radical (unpaired) electrons. The lowest BCUT2D eigenvalue weighted by atomic mass is 10.1. The van der Waals surface area contributed by atoms with E-state index in [2.05, 4.69) is 4.72 Å². The lowest BCUT2D eigenvalue weighted by Gasteiger charge is -2.27. The quantitative estimate of drug-likeness (QED) is 0.778. The van der Waals surface area contributed by atoms with Crippen LogP contribution in [0.5, 0.6) is 5.75 Å². The molecule has 1 aromatic carbocycles. The van der Waals surface area contributed by atoms with Crippen molar-refractivity contribution in [3.8, 4) is 5.75 Å². The molecule has 2 N–H and O–H groups in total. The van der Waals surface area contributed by atoms with Gasteiger partial charge in [0.05, 0.1) is 19.3 Å². The second-order valence-electron chi connectivity index (χ2n) is 5.26. The van der Waals surface area contributed by atoms with E-state index < -0.39 is 15.7 Å². The minimum absolute atomic E-state index is 0.216. The summed E-state index contributed by atoms with van der Waals surface area (Å²) < 4.78 is 33.0. The summed E-state index contributed by atoms with van der Waals surface area (Å²) in [5, 5.41) is 9.14. The van der Waals surface area contributed by atoms with Crippen molar-refractivity contribution in [3.63, 3.8) is 0 Å². The number of methoxy groups -OCH3 is 1. The molecule has 0 saturated carbocycles. The number of hydrogen-bond acceptors (Lipinski definition) is 4. The number of hydrogen-bond donors (Lipinski definition) is 2. The zero-order valence-corrected chi connectivity index (χ0v) is 13.1. The number of rotatable bonds is 7. The third-order valence-corrected chi connectivity index (χ3v) is 4.51. The summed E-state index contributed by atoms with van der Waals surface area (Å²) in [6, 6.07) is 7.21. The lowest BCUT2D eigenvalue weighted by Crippen LogP contribution is -2.51. The Labute approximate surface area is 120 Å². The van der Waals surface area contributed by atoms with Gasteiger partial charge >= 0.3 is 0 Å². The fourth-order valence-electron chi connectivity index (χ4n) is 1.57. The van der Waals surface area contributed by atoms with Crippen LogP contribution in [-0.4, -0.2) is 44.1 Å². The van der Waals surface area contributed by atoms with Crippen molar-refractivity contribution < 1.29 is 18.3 Å². The van der Waals surface area contributed by atoms with Gasteiger partial charge in [-0.25, -0.2) is 0 Å². The van der Waals surface area contributed by atoms with Gasteiger partial charge in [0.25, 0.3) is 10.2 Å². The SMILES string of the molecule is COc1cccc(CN(C)S(=O)(=O)NC(C)(C)CO)c1. The zero-order valence-electron chi connectivity index (χ0n) is 12.3. The normalized spacial score (nSPS) is 12.7. The van der Waals surface area contributed by atoms with Gasteiger partial charge in [-0.2, -0.15) is 17.4 Å². The monoisotopic (exact) mass is 302 g/mol. The highest BCUT2D eigenvalue weighted by Crippen LogP contribution is 2.15. The molecular formula is C13H22N2O4S. The molecule has 7 heteroatoms. The van der Waals surface area contributed by atoms with Crippen LogP contribution in [0.3, 0.4) is 0 Å². The van der Waals surface area contributed by atoms with E-state index in [4.69, 9.17) is 9.84 Å². The van der Waals surface area contributed by atoms with Crippen molar-refractivity contribution in [2.45, 2.75) is 25.9 Å². The predicted octanol–water partition coefficient (Wildman–Crippen LogP) is 0.732. The fraction of sp³-hybridized carbons (Fsp3) is 0.538. The van der Waals surface area contributed by atoms with Crippen LogP contribution < -0.4 is 9.46 Å². The highest BCUT2D eigenvalue weighted by Gasteiger charge is 2.27. The number of aliphatic hydroxyl groups is 1. The van der Waals surface area contributed by atoms with E-state index in [0.29, 0.717) is 5.75 Å². The maximum atomic E-state index is 12.1. The van der Waals surface area contributed by atoms with Crippen LogP contribution in [0.25, 0.3) is 0 Å². The Kier molecular flexibility index (Phi) is 5.52. The molecule has 1 rings (SSSR count). The summed E-state index contributed by atoms with van der Waals surface area (Å²) >= 11 is 0. The molecule has 0 fully saturated rings. The first-order valence-corrected chi connectivity index (χ1v) is 7.63. The summed E-state index contributed by atoms with van der Waals surface area (Å²) in [6.07, 6.45) is 0. The van der Waals surface area contributed by atoms with Crippen LogP contribution in [-0.2, 0) is 16.8 Å². The van der Waals surface area contributed by atoms with Gasteiger partial charge in [0.15, 0.2) is 0 Å². The third-order valence-electron chi connectivity index (χ3n) is 2.75. The first kappa shape index (κ1) is 16.9. The number of nitrogens with zero attached hydrogens (tertiary/aromatic N) is 1. The van der Waals surface area contributed by atoms with Gasteiger partial charge in [-0.3, -0.25) is 0 Å². The number of ether oxygens (including phenoxy) is 1. The maximum absolute atomic E-state index is 12.1. The number of nitrogens with one attached hydrogen (secondary N) is 1. The minimum atomic E-state index is -3.67. The molecule has 0 atom stereocenters. The lowest BCUT2D eigenvalue weighted by molar-refractivity contribution is 0.206. The van der Waals surface area contributed by atoms with Crippen molar-refractivity contribution >= 4 is 10.2 Å². The molecule has 0 aromatic heterocycles. The summed E-state index contributed by atoms with van der Waals surface area (Å²) in [5.74, 6) is 0.678. The van der Waals surface area contributed by atoms with Crippen LogP contribution in [0.15, 0.2) is 24.3 Å². The van der Waals surface area contributed by atoms with E-state index in [1.54, 1.807) is 39.2 Å². The fourth-order valence-corrected chi connectivity index (χ4v) is 2.81. The van der Waals surface area contributed by atoms with Gasteiger partial charge in [0.1, 0.15) is 5.75 Å². The average Bonchev–Trinajstić information content (AvgIpc) is 2.37. The summed E-state index contributed by atoms with van der Waals surface area (Å²) in [6.45, 7) is 3.17. The smallest absolute Gasteiger partial charge is 0.280 e. The van der Waals surface area contributed by atoms with E-state index in [-0.39, 0.29) is 13.2 Å². The van der Waals surface area contributed by atoms with Gasteiger partial charge in [0, 0.05) is 13.6 Å². The Bertz CT molecular complexity index is 543. The molecule has 114 valence electrons. The van der Waals surface area contributed by atoms with Crippen LogP contribution in [0.2, 0.25) is 0 Å². The molecule has 20 heavy (non-hydrogen) atoms. The van der Waals surface area contributed by atoms with Crippen LogP contribution in [0.1, 0.15) is 19.4 Å². The van der Waals surface area contributed by atoms with Gasteiger partial charge in [0.2, 0.25) is 0 Å². The molecular weight excluding hydrogens is 280 g/mol. The van der Waals surface area contributed by atoms with Gasteiger partial charge < -0.3 is 9.84 Å². The van der Waals surface area contributed by atoms with Crippen LogP contribution in [0.4, 0.5) is 0 Å². The van der Waals surface area contributed by atoms with Crippen molar-refractivity contribution in [2.75, 3.05) is 20.8 Å². The molecule has 0 unspecified atom stereocenters. The topological polar surface area (TPSA) is 78.9 Å². The summed E-state index contributed by atoms with van der Waals surface area (Å²) in [5.41, 5.74) is -0.0828. The number of benzene rings is 1. The van der Waals surface area contributed by atoms with Crippen molar-refractivity contribution in [1.82, 2.24) is 9.03 Å². The summed E-state index contributed by atoms with van der Waals surface area (Å²) in [4.78, 5) is 0. The molecule has 6 nitrogen and oxygen atoms in total. The molecule has 0 spiro atoms. The van der Waals surface area contributed by atoms with Gasteiger partial charge in [-0.05, 0) is 31.5 Å². The van der Waals surface area contributed by atoms with E-state index in [9.17, 15) is 8.42 Å². The van der Waals surface area contributed by atoms with E-state index in [0.717, 1.165) is 5.56 Å². The standard InChI is InChI=1S/C13H22N2O4S/c1-13(2,10-16)14-20(17,18)15(3)9-11-6-5-7-12(8-11)19-4/h5-8,14,16H,9-10H2,1-4H3. The Balaban J connectivity index is 2.81. The minimum Gasteiger partial charge on any atom is -0.497 e. The van der Waals surface area contributed by atoms with Crippen molar-refractivity contribution in [2.24, 2.45) is 0 Å². The highest BCUT2D eigenvalue weighted by atomic mass is 32.2. The highest BCUT2D eigenvalue weighted by molar-refractivity contribution is 7.87. The first-order valence-electron chi connectivity index (χ1n) is 6.19. The Hall–Kier alpha value is -1.15. The van der Waals surface area contributed by atoms with Gasteiger partial charge in [-0.15, -0.1) is 0 Å². The number of aliphatic hydroxyl groups excluding tert-OH is 1. The Morgan fingerprint density at radius 1 is 1.40 bits per heavy atom.